The minimum absolute atomic E-state index is 0.0113. The van der Waals surface area contributed by atoms with Gasteiger partial charge in [0.15, 0.2) is 11.4 Å². The van der Waals surface area contributed by atoms with Crippen LogP contribution in [0.2, 0.25) is 0 Å². The predicted octanol–water partition coefficient (Wildman–Crippen LogP) is 3.75. The maximum atomic E-state index is 13.3. The molecular formula is C25H25N5O3. The van der Waals surface area contributed by atoms with Crippen LogP contribution in [0, 0.1) is 0 Å². The molecule has 8 heteroatoms. The van der Waals surface area contributed by atoms with Gasteiger partial charge in [-0.05, 0) is 38.0 Å². The number of piperidine rings is 1. The summed E-state index contributed by atoms with van der Waals surface area (Å²) < 4.78 is 7.03. The second kappa shape index (κ2) is 8.90. The summed E-state index contributed by atoms with van der Waals surface area (Å²) in [5.74, 6) is 0.0872. The van der Waals surface area contributed by atoms with E-state index in [2.05, 4.69) is 10.4 Å². The molecule has 2 amide bonds. The number of benzene rings is 1. The number of rotatable bonds is 5. The highest BCUT2D eigenvalue weighted by Crippen LogP contribution is 2.25. The van der Waals surface area contributed by atoms with E-state index in [0.717, 1.165) is 16.6 Å². The second-order valence-electron chi connectivity index (χ2n) is 8.14. The highest BCUT2D eigenvalue weighted by molar-refractivity contribution is 6.06. The van der Waals surface area contributed by atoms with Gasteiger partial charge in [0.2, 0.25) is 0 Å². The Morgan fingerprint density at radius 2 is 1.91 bits per heavy atom. The molecule has 0 atom stereocenters. The molecule has 0 radical (unpaired) electrons. The number of fused-ring (bicyclic) bond motifs is 1. The molecule has 8 nitrogen and oxygen atoms in total. The van der Waals surface area contributed by atoms with Gasteiger partial charge < -0.3 is 14.6 Å². The number of aryl methyl sites for hydroxylation is 1. The lowest BCUT2D eigenvalue weighted by molar-refractivity contribution is 0.0667. The average Bonchev–Trinajstić information content (AvgIpc) is 3.54. The predicted molar refractivity (Wildman–Crippen MR) is 124 cm³/mol. The van der Waals surface area contributed by atoms with Crippen LogP contribution >= 0.6 is 0 Å². The number of furan rings is 1. The fourth-order valence-corrected chi connectivity index (χ4v) is 4.27. The smallest absolute Gasteiger partial charge is 0.289 e. The van der Waals surface area contributed by atoms with Crippen molar-refractivity contribution in [3.63, 3.8) is 0 Å². The summed E-state index contributed by atoms with van der Waals surface area (Å²) in [5, 5.41) is 8.31. The lowest BCUT2D eigenvalue weighted by Crippen LogP contribution is -2.46. The molecule has 168 valence electrons. The van der Waals surface area contributed by atoms with E-state index < -0.39 is 0 Å². The van der Waals surface area contributed by atoms with E-state index in [9.17, 15) is 9.59 Å². The molecule has 0 unspecified atom stereocenters. The number of pyridine rings is 1. The second-order valence-corrected chi connectivity index (χ2v) is 8.14. The third-order valence-electron chi connectivity index (χ3n) is 6.07. The standard InChI is InChI=1S/C25H25N5O3/c1-2-30-23-20(16-26-30)19(15-21(28-23)17-7-4-3-5-8-17)24(31)27-18-10-12-29(13-11-18)25(32)22-9-6-14-33-22/h3-9,14-16,18H,2,10-13H2,1H3,(H,27,31). The van der Waals surface area contributed by atoms with Crippen LogP contribution in [0.15, 0.2) is 65.4 Å². The van der Waals surface area contributed by atoms with E-state index in [0.29, 0.717) is 49.4 Å². The van der Waals surface area contributed by atoms with Gasteiger partial charge in [-0.1, -0.05) is 30.3 Å². The third kappa shape index (κ3) is 4.11. The number of nitrogens with one attached hydrogen (secondary N) is 1. The Bertz CT molecular complexity index is 1270. The molecule has 3 aromatic heterocycles. The van der Waals surface area contributed by atoms with Gasteiger partial charge in [0, 0.05) is 31.2 Å². The van der Waals surface area contributed by atoms with Gasteiger partial charge in [0.25, 0.3) is 11.8 Å². The zero-order valence-corrected chi connectivity index (χ0v) is 18.4. The fourth-order valence-electron chi connectivity index (χ4n) is 4.27. The van der Waals surface area contributed by atoms with Crippen LogP contribution in [0.25, 0.3) is 22.3 Å². The molecule has 5 rings (SSSR count). The zero-order valence-electron chi connectivity index (χ0n) is 18.4. The summed E-state index contributed by atoms with van der Waals surface area (Å²) in [7, 11) is 0. The number of hydrogen-bond donors (Lipinski definition) is 1. The first-order valence-electron chi connectivity index (χ1n) is 11.2. The number of nitrogens with zero attached hydrogens (tertiary/aromatic N) is 4. The van der Waals surface area contributed by atoms with Crippen LogP contribution < -0.4 is 5.32 Å². The maximum Gasteiger partial charge on any atom is 0.289 e. The van der Waals surface area contributed by atoms with Crippen LogP contribution in [0.4, 0.5) is 0 Å². The molecule has 1 aliphatic rings. The minimum atomic E-state index is -0.147. The molecule has 0 spiro atoms. The first-order chi connectivity index (χ1) is 16.1. The van der Waals surface area contributed by atoms with Crippen molar-refractivity contribution in [3.05, 3.63) is 72.3 Å². The monoisotopic (exact) mass is 443 g/mol. The Labute approximate surface area is 191 Å². The van der Waals surface area contributed by atoms with Gasteiger partial charge in [0.05, 0.1) is 29.1 Å². The summed E-state index contributed by atoms with van der Waals surface area (Å²) in [6.07, 6.45) is 4.58. The van der Waals surface area contributed by atoms with Gasteiger partial charge >= 0.3 is 0 Å². The van der Waals surface area contributed by atoms with Gasteiger partial charge in [-0.2, -0.15) is 5.10 Å². The summed E-state index contributed by atoms with van der Waals surface area (Å²) in [6, 6.07) is 15.0. The van der Waals surface area contributed by atoms with E-state index in [-0.39, 0.29) is 17.9 Å². The zero-order chi connectivity index (χ0) is 22.8. The molecule has 4 aromatic rings. The van der Waals surface area contributed by atoms with E-state index in [1.54, 1.807) is 27.9 Å². The first kappa shape index (κ1) is 20.9. The highest BCUT2D eigenvalue weighted by atomic mass is 16.3. The summed E-state index contributed by atoms with van der Waals surface area (Å²) in [4.78, 5) is 32.4. The Kier molecular flexibility index (Phi) is 5.64. The van der Waals surface area contributed by atoms with Crippen molar-refractivity contribution < 1.29 is 14.0 Å². The molecule has 1 aromatic carbocycles. The molecule has 1 saturated heterocycles. The highest BCUT2D eigenvalue weighted by Gasteiger charge is 2.27. The Morgan fingerprint density at radius 3 is 2.61 bits per heavy atom. The summed E-state index contributed by atoms with van der Waals surface area (Å²) in [5.41, 5.74) is 2.94. The third-order valence-corrected chi connectivity index (χ3v) is 6.07. The van der Waals surface area contributed by atoms with Crippen LogP contribution in [-0.2, 0) is 6.54 Å². The number of likely N-dealkylation sites (tertiary alicyclic amines) is 1. The minimum Gasteiger partial charge on any atom is -0.459 e. The number of hydrogen-bond acceptors (Lipinski definition) is 5. The van der Waals surface area contributed by atoms with Crippen molar-refractivity contribution in [2.24, 2.45) is 0 Å². The van der Waals surface area contributed by atoms with E-state index in [1.807, 2.05) is 43.3 Å². The number of amides is 2. The van der Waals surface area contributed by atoms with Gasteiger partial charge in [-0.15, -0.1) is 0 Å². The molecule has 1 aliphatic heterocycles. The van der Waals surface area contributed by atoms with E-state index >= 15 is 0 Å². The van der Waals surface area contributed by atoms with Gasteiger partial charge in [-0.3, -0.25) is 9.59 Å². The van der Waals surface area contributed by atoms with Crippen molar-refractivity contribution in [1.82, 2.24) is 25.0 Å². The Hall–Kier alpha value is -3.94. The normalized spacial score (nSPS) is 14.5. The SMILES string of the molecule is CCn1ncc2c(C(=O)NC3CCN(C(=O)c4ccco4)CC3)cc(-c3ccccc3)nc21. The van der Waals surface area contributed by atoms with Gasteiger partial charge in [0.1, 0.15) is 0 Å². The van der Waals surface area contributed by atoms with Crippen molar-refractivity contribution in [1.29, 1.82) is 0 Å². The molecular weight excluding hydrogens is 418 g/mol. The van der Waals surface area contributed by atoms with Crippen LogP contribution in [0.3, 0.4) is 0 Å². The largest absolute Gasteiger partial charge is 0.459 e. The quantitative estimate of drug-likeness (QED) is 0.507. The van der Waals surface area contributed by atoms with Crippen LogP contribution in [0.1, 0.15) is 40.7 Å². The maximum absolute atomic E-state index is 13.3. The van der Waals surface area contributed by atoms with E-state index in [1.165, 1.54) is 6.26 Å². The number of carbonyl (C=O) groups excluding carboxylic acids is 2. The molecule has 0 saturated carbocycles. The number of aromatic nitrogens is 3. The molecule has 0 bridgehead atoms. The topological polar surface area (TPSA) is 93.3 Å². The summed E-state index contributed by atoms with van der Waals surface area (Å²) >= 11 is 0. The van der Waals surface area contributed by atoms with Crippen molar-refractivity contribution in [2.75, 3.05) is 13.1 Å². The van der Waals surface area contributed by atoms with Crippen molar-refractivity contribution >= 4 is 22.8 Å². The lowest BCUT2D eigenvalue weighted by Gasteiger charge is -2.32. The van der Waals surface area contributed by atoms with Crippen molar-refractivity contribution in [2.45, 2.75) is 32.4 Å². The molecule has 4 heterocycles. The van der Waals surface area contributed by atoms with E-state index in [4.69, 9.17) is 9.40 Å². The lowest BCUT2D eigenvalue weighted by atomic mass is 10.0. The fraction of sp³-hybridized carbons (Fsp3) is 0.280. The van der Waals surface area contributed by atoms with Crippen LogP contribution in [0.5, 0.6) is 0 Å². The van der Waals surface area contributed by atoms with Gasteiger partial charge in [-0.25, -0.2) is 9.67 Å². The van der Waals surface area contributed by atoms with Crippen LogP contribution in [-0.4, -0.2) is 50.6 Å². The number of carbonyl (C=O) groups is 2. The first-order valence-corrected chi connectivity index (χ1v) is 11.2. The Balaban J connectivity index is 1.35. The molecule has 1 N–H and O–H groups in total. The Morgan fingerprint density at radius 1 is 1.12 bits per heavy atom. The average molecular weight is 444 g/mol. The summed E-state index contributed by atoms with van der Waals surface area (Å²) in [6.45, 7) is 3.80. The molecule has 0 aliphatic carbocycles. The van der Waals surface area contributed by atoms with Crippen molar-refractivity contribution in [3.8, 4) is 11.3 Å². The molecule has 1 fully saturated rings. The molecule has 33 heavy (non-hydrogen) atoms.